The highest BCUT2D eigenvalue weighted by Crippen LogP contribution is 2.42. The van der Waals surface area contributed by atoms with E-state index in [1.54, 1.807) is 7.11 Å². The van der Waals surface area contributed by atoms with Crippen LogP contribution in [0.5, 0.6) is 5.75 Å². The summed E-state index contributed by atoms with van der Waals surface area (Å²) in [5, 5.41) is 9.43. The van der Waals surface area contributed by atoms with Gasteiger partial charge >= 0.3 is 0 Å². The van der Waals surface area contributed by atoms with Gasteiger partial charge in [-0.05, 0) is 23.6 Å². The Labute approximate surface area is 108 Å². The van der Waals surface area contributed by atoms with Gasteiger partial charge in [0.05, 0.1) is 37.7 Å². The van der Waals surface area contributed by atoms with Gasteiger partial charge in [-0.15, -0.1) is 0 Å². The van der Waals surface area contributed by atoms with Crippen LogP contribution in [-0.4, -0.2) is 20.3 Å². The molecule has 0 radical (unpaired) electrons. The lowest BCUT2D eigenvalue weighted by Gasteiger charge is -2.46. The Morgan fingerprint density at radius 1 is 1.28 bits per heavy atom. The zero-order valence-electron chi connectivity index (χ0n) is 11.1. The molecular formula is C15H19NO2. The Morgan fingerprint density at radius 2 is 1.89 bits per heavy atom. The summed E-state index contributed by atoms with van der Waals surface area (Å²) >= 11 is 0. The van der Waals surface area contributed by atoms with Gasteiger partial charge in [-0.1, -0.05) is 26.0 Å². The van der Waals surface area contributed by atoms with E-state index in [2.05, 4.69) is 19.9 Å². The van der Waals surface area contributed by atoms with E-state index in [9.17, 15) is 5.26 Å². The van der Waals surface area contributed by atoms with Crippen LogP contribution in [0.25, 0.3) is 0 Å². The smallest absolute Gasteiger partial charge is 0.118 e. The molecule has 0 spiro atoms. The van der Waals surface area contributed by atoms with Gasteiger partial charge in [-0.25, -0.2) is 0 Å². The number of hydrogen-bond donors (Lipinski definition) is 0. The van der Waals surface area contributed by atoms with E-state index in [-0.39, 0.29) is 11.3 Å². The first kappa shape index (κ1) is 12.9. The van der Waals surface area contributed by atoms with E-state index in [0.29, 0.717) is 19.1 Å². The molecule has 1 aliphatic heterocycles. The quantitative estimate of drug-likeness (QED) is 0.819. The molecule has 0 amide bonds. The third kappa shape index (κ3) is 1.97. The lowest BCUT2D eigenvalue weighted by molar-refractivity contribution is -0.0876. The molecule has 1 fully saturated rings. The fourth-order valence-electron chi connectivity index (χ4n) is 2.68. The minimum atomic E-state index is -0.144. The van der Waals surface area contributed by atoms with E-state index in [1.165, 1.54) is 5.56 Å². The summed E-state index contributed by atoms with van der Waals surface area (Å²) in [7, 11) is 1.66. The highest BCUT2D eigenvalue weighted by molar-refractivity contribution is 5.36. The van der Waals surface area contributed by atoms with Crippen LogP contribution in [-0.2, 0) is 10.2 Å². The molecular weight excluding hydrogens is 226 g/mol. The average Bonchev–Trinajstić information content (AvgIpc) is 2.33. The van der Waals surface area contributed by atoms with Crippen molar-refractivity contribution in [1.82, 2.24) is 0 Å². The molecule has 0 aromatic heterocycles. The number of ether oxygens (including phenoxy) is 2. The van der Waals surface area contributed by atoms with Crippen molar-refractivity contribution in [2.45, 2.75) is 19.3 Å². The van der Waals surface area contributed by atoms with E-state index >= 15 is 0 Å². The largest absolute Gasteiger partial charge is 0.497 e. The van der Waals surface area contributed by atoms with Gasteiger partial charge in [0, 0.05) is 0 Å². The highest BCUT2D eigenvalue weighted by atomic mass is 16.5. The molecule has 1 aromatic rings. The maximum absolute atomic E-state index is 9.43. The molecule has 3 heteroatoms. The summed E-state index contributed by atoms with van der Waals surface area (Å²) in [6.07, 6.45) is 0. The molecule has 0 N–H and O–H groups in total. The number of rotatable bonds is 4. The number of nitrogens with zero attached hydrogens (tertiary/aromatic N) is 1. The van der Waals surface area contributed by atoms with Gasteiger partial charge in [0.25, 0.3) is 0 Å². The Hall–Kier alpha value is -1.53. The first-order valence-corrected chi connectivity index (χ1v) is 6.26. The van der Waals surface area contributed by atoms with Gasteiger partial charge < -0.3 is 9.47 Å². The third-order valence-electron chi connectivity index (χ3n) is 3.79. The molecule has 1 atom stereocenters. The summed E-state index contributed by atoms with van der Waals surface area (Å²) in [5.74, 6) is 1.15. The molecule has 2 rings (SSSR count). The van der Waals surface area contributed by atoms with Crippen molar-refractivity contribution in [2.75, 3.05) is 20.3 Å². The minimum Gasteiger partial charge on any atom is -0.497 e. The lowest BCUT2D eigenvalue weighted by atomic mass is 9.65. The zero-order valence-corrected chi connectivity index (χ0v) is 11.1. The van der Waals surface area contributed by atoms with Crippen molar-refractivity contribution in [3.63, 3.8) is 0 Å². The zero-order chi connectivity index (χ0) is 13.2. The Bertz CT molecular complexity index is 441. The molecule has 0 aliphatic carbocycles. The van der Waals surface area contributed by atoms with Crippen molar-refractivity contribution in [3.05, 3.63) is 29.8 Å². The molecule has 3 nitrogen and oxygen atoms in total. The molecule has 18 heavy (non-hydrogen) atoms. The minimum absolute atomic E-state index is 0.0142. The van der Waals surface area contributed by atoms with E-state index in [4.69, 9.17) is 9.47 Å². The number of nitriles is 1. The van der Waals surface area contributed by atoms with Crippen molar-refractivity contribution in [2.24, 2.45) is 11.8 Å². The summed E-state index contributed by atoms with van der Waals surface area (Å²) in [4.78, 5) is 0. The van der Waals surface area contributed by atoms with Crippen molar-refractivity contribution in [3.8, 4) is 11.8 Å². The van der Waals surface area contributed by atoms with Crippen LogP contribution in [0.15, 0.2) is 24.3 Å². The number of hydrogen-bond acceptors (Lipinski definition) is 3. The molecule has 0 saturated carbocycles. The first-order chi connectivity index (χ1) is 8.64. The summed E-state index contributed by atoms with van der Waals surface area (Å²) in [6, 6.07) is 10.5. The van der Waals surface area contributed by atoms with Gasteiger partial charge in [0.15, 0.2) is 0 Å². The van der Waals surface area contributed by atoms with E-state index in [0.717, 1.165) is 5.75 Å². The van der Waals surface area contributed by atoms with Gasteiger partial charge in [-0.2, -0.15) is 5.26 Å². The summed E-state index contributed by atoms with van der Waals surface area (Å²) in [5.41, 5.74) is 1.03. The van der Waals surface area contributed by atoms with Gasteiger partial charge in [0.1, 0.15) is 5.75 Å². The van der Waals surface area contributed by atoms with Crippen LogP contribution in [0.1, 0.15) is 19.4 Å². The molecule has 1 saturated heterocycles. The van der Waals surface area contributed by atoms with Crippen LogP contribution in [0.2, 0.25) is 0 Å². The molecule has 1 heterocycles. The second kappa shape index (κ2) is 4.99. The lowest BCUT2D eigenvalue weighted by Crippen LogP contribution is -2.53. The average molecular weight is 245 g/mol. The monoisotopic (exact) mass is 245 g/mol. The van der Waals surface area contributed by atoms with Crippen LogP contribution < -0.4 is 4.74 Å². The fourth-order valence-corrected chi connectivity index (χ4v) is 2.68. The fraction of sp³-hybridized carbons (Fsp3) is 0.533. The Morgan fingerprint density at radius 3 is 2.22 bits per heavy atom. The summed E-state index contributed by atoms with van der Waals surface area (Å²) < 4.78 is 10.6. The molecule has 1 aliphatic rings. The molecule has 0 bridgehead atoms. The third-order valence-corrected chi connectivity index (χ3v) is 3.79. The predicted octanol–water partition coefficient (Wildman–Crippen LogP) is 2.76. The Balaban J connectivity index is 2.34. The van der Waals surface area contributed by atoms with E-state index in [1.807, 2.05) is 24.3 Å². The molecule has 1 aromatic carbocycles. The van der Waals surface area contributed by atoms with Gasteiger partial charge in [-0.3, -0.25) is 0 Å². The Kier molecular flexibility index (Phi) is 3.58. The van der Waals surface area contributed by atoms with Crippen molar-refractivity contribution < 1.29 is 9.47 Å². The second-order valence-electron chi connectivity index (χ2n) is 5.23. The maximum atomic E-state index is 9.43. The normalized spacial score (nSPS) is 18.8. The summed E-state index contributed by atoms with van der Waals surface area (Å²) in [6.45, 7) is 5.46. The highest BCUT2D eigenvalue weighted by Gasteiger charge is 2.48. The topological polar surface area (TPSA) is 42.2 Å². The van der Waals surface area contributed by atoms with Crippen LogP contribution in [0.4, 0.5) is 0 Å². The molecule has 96 valence electrons. The standard InChI is InChI=1S/C15H19NO2/c1-11(2)14(8-16)15(9-18-10-15)12-4-6-13(17-3)7-5-12/h4-7,11,14H,9-10H2,1-3H3. The van der Waals surface area contributed by atoms with Crippen molar-refractivity contribution in [1.29, 1.82) is 5.26 Å². The number of benzene rings is 1. The maximum Gasteiger partial charge on any atom is 0.118 e. The van der Waals surface area contributed by atoms with Crippen LogP contribution in [0.3, 0.4) is 0 Å². The SMILES string of the molecule is COc1ccc(C2(C(C#N)C(C)C)COC2)cc1. The van der Waals surface area contributed by atoms with E-state index < -0.39 is 0 Å². The second-order valence-corrected chi connectivity index (χ2v) is 5.23. The molecule has 1 unspecified atom stereocenters. The first-order valence-electron chi connectivity index (χ1n) is 6.26. The van der Waals surface area contributed by atoms with Crippen LogP contribution in [0, 0.1) is 23.2 Å². The van der Waals surface area contributed by atoms with Crippen molar-refractivity contribution >= 4 is 0 Å². The number of methoxy groups -OCH3 is 1. The predicted molar refractivity (Wildman–Crippen MR) is 69.4 cm³/mol. The van der Waals surface area contributed by atoms with Gasteiger partial charge in [0.2, 0.25) is 0 Å². The van der Waals surface area contributed by atoms with Crippen LogP contribution >= 0.6 is 0 Å².